The van der Waals surface area contributed by atoms with Crippen LogP contribution >= 0.6 is 27.5 Å². The molecule has 96 valence electrons. The SMILES string of the molecule is N#CCNS(=O)(=O)c1cc(Br)c(Cl)c(C(=O)O)c1. The van der Waals surface area contributed by atoms with Crippen LogP contribution in [-0.4, -0.2) is 26.0 Å². The molecule has 0 heterocycles. The molecule has 0 spiro atoms. The number of nitrogens with zero attached hydrogens (tertiary/aromatic N) is 1. The van der Waals surface area contributed by atoms with E-state index in [1.54, 1.807) is 6.07 Å². The second-order valence-corrected chi connectivity index (χ2v) is 6.05. The van der Waals surface area contributed by atoms with Gasteiger partial charge in [0.05, 0.1) is 28.1 Å². The molecule has 0 unspecified atom stereocenters. The number of nitrogens with one attached hydrogen (secondary N) is 1. The summed E-state index contributed by atoms with van der Waals surface area (Å²) in [6.07, 6.45) is 0. The van der Waals surface area contributed by atoms with E-state index in [4.69, 9.17) is 22.0 Å². The highest BCUT2D eigenvalue weighted by Gasteiger charge is 2.20. The minimum absolute atomic E-state index is 0.0956. The van der Waals surface area contributed by atoms with E-state index in [9.17, 15) is 13.2 Å². The lowest BCUT2D eigenvalue weighted by atomic mass is 10.2. The van der Waals surface area contributed by atoms with Crippen molar-refractivity contribution in [3.8, 4) is 6.07 Å². The van der Waals surface area contributed by atoms with E-state index in [0.29, 0.717) is 0 Å². The Morgan fingerprint density at radius 3 is 2.67 bits per heavy atom. The van der Waals surface area contributed by atoms with Crippen molar-refractivity contribution < 1.29 is 18.3 Å². The number of sulfonamides is 1. The molecular formula is C9H6BrClN2O4S. The Kier molecular flexibility index (Phi) is 4.70. The van der Waals surface area contributed by atoms with E-state index in [1.807, 2.05) is 4.72 Å². The van der Waals surface area contributed by atoms with Crippen LogP contribution in [0.2, 0.25) is 5.02 Å². The Hall–Kier alpha value is -1.14. The number of carbonyl (C=O) groups is 1. The zero-order valence-electron chi connectivity index (χ0n) is 8.65. The number of aromatic carboxylic acids is 1. The first-order valence-electron chi connectivity index (χ1n) is 4.38. The Labute approximate surface area is 116 Å². The van der Waals surface area contributed by atoms with E-state index in [-0.39, 0.29) is 20.0 Å². The van der Waals surface area contributed by atoms with Crippen LogP contribution in [0.4, 0.5) is 0 Å². The fourth-order valence-electron chi connectivity index (χ4n) is 1.09. The summed E-state index contributed by atoms with van der Waals surface area (Å²) in [5.41, 5.74) is -0.344. The van der Waals surface area contributed by atoms with Gasteiger partial charge >= 0.3 is 5.97 Å². The summed E-state index contributed by atoms with van der Waals surface area (Å²) in [5, 5.41) is 17.1. The van der Waals surface area contributed by atoms with Crippen molar-refractivity contribution >= 4 is 43.5 Å². The molecule has 1 rings (SSSR count). The van der Waals surface area contributed by atoms with Gasteiger partial charge in [0.2, 0.25) is 10.0 Å². The Balaban J connectivity index is 3.36. The quantitative estimate of drug-likeness (QED) is 0.800. The van der Waals surface area contributed by atoms with Gasteiger partial charge in [0, 0.05) is 4.47 Å². The van der Waals surface area contributed by atoms with Crippen LogP contribution in [0.25, 0.3) is 0 Å². The lowest BCUT2D eigenvalue weighted by Gasteiger charge is -2.07. The number of carboxylic acids is 1. The molecule has 9 heteroatoms. The normalized spacial score (nSPS) is 10.9. The minimum atomic E-state index is -3.94. The summed E-state index contributed by atoms with van der Waals surface area (Å²) in [6, 6.07) is 3.70. The molecule has 0 saturated carbocycles. The molecule has 0 aliphatic heterocycles. The van der Waals surface area contributed by atoms with Crippen molar-refractivity contribution in [2.45, 2.75) is 4.90 Å². The molecule has 18 heavy (non-hydrogen) atoms. The lowest BCUT2D eigenvalue weighted by Crippen LogP contribution is -2.24. The van der Waals surface area contributed by atoms with E-state index in [1.165, 1.54) is 0 Å². The third kappa shape index (κ3) is 3.20. The van der Waals surface area contributed by atoms with Gasteiger partial charge in [-0.05, 0) is 28.1 Å². The maximum atomic E-state index is 11.7. The number of hydrogen-bond acceptors (Lipinski definition) is 4. The second kappa shape index (κ2) is 5.67. The summed E-state index contributed by atoms with van der Waals surface area (Å²) < 4.78 is 25.6. The summed E-state index contributed by atoms with van der Waals surface area (Å²) in [7, 11) is -3.94. The van der Waals surface area contributed by atoms with Crippen molar-refractivity contribution in [3.05, 3.63) is 27.2 Å². The van der Waals surface area contributed by atoms with Gasteiger partial charge in [0.1, 0.15) is 0 Å². The number of carboxylic acid groups (broad SMARTS) is 1. The van der Waals surface area contributed by atoms with Crippen molar-refractivity contribution in [1.29, 1.82) is 5.26 Å². The van der Waals surface area contributed by atoms with Gasteiger partial charge in [-0.25, -0.2) is 13.2 Å². The standard InChI is InChI=1S/C9H6BrClN2O4S/c10-7-4-5(18(16,17)13-2-1-12)3-6(8(7)11)9(14)15/h3-4,13H,2H2,(H,14,15). The van der Waals surface area contributed by atoms with Crippen LogP contribution in [0.3, 0.4) is 0 Å². The maximum absolute atomic E-state index is 11.7. The predicted octanol–water partition coefficient (Wildman–Crippen LogP) is 1.60. The molecule has 0 fully saturated rings. The minimum Gasteiger partial charge on any atom is -0.478 e. The molecule has 0 radical (unpaired) electrons. The van der Waals surface area contributed by atoms with Crippen molar-refractivity contribution in [2.24, 2.45) is 0 Å². The van der Waals surface area contributed by atoms with Crippen molar-refractivity contribution in [1.82, 2.24) is 4.72 Å². The Morgan fingerprint density at radius 1 is 1.56 bits per heavy atom. The molecule has 0 bridgehead atoms. The second-order valence-electron chi connectivity index (χ2n) is 3.05. The number of nitriles is 1. The molecule has 0 saturated heterocycles. The molecule has 0 aliphatic carbocycles. The summed E-state index contributed by atoms with van der Waals surface area (Å²) in [4.78, 5) is 10.6. The van der Waals surface area contributed by atoms with Gasteiger partial charge in [0.25, 0.3) is 0 Å². The first-order valence-corrected chi connectivity index (χ1v) is 7.04. The molecule has 6 nitrogen and oxygen atoms in total. The van der Waals surface area contributed by atoms with Crippen LogP contribution in [-0.2, 0) is 10.0 Å². The largest absolute Gasteiger partial charge is 0.478 e. The number of rotatable bonds is 4. The lowest BCUT2D eigenvalue weighted by molar-refractivity contribution is 0.0696. The van der Waals surface area contributed by atoms with Gasteiger partial charge in [-0.1, -0.05) is 11.6 Å². The first-order chi connectivity index (χ1) is 8.29. The fraction of sp³-hybridized carbons (Fsp3) is 0.111. The third-order valence-electron chi connectivity index (χ3n) is 1.88. The maximum Gasteiger partial charge on any atom is 0.337 e. The van der Waals surface area contributed by atoms with E-state index in [2.05, 4.69) is 15.9 Å². The molecular weight excluding hydrogens is 348 g/mol. The highest BCUT2D eigenvalue weighted by molar-refractivity contribution is 9.10. The first kappa shape index (κ1) is 14.9. The molecule has 2 N–H and O–H groups in total. The molecule has 0 aliphatic rings. The highest BCUT2D eigenvalue weighted by Crippen LogP contribution is 2.29. The Bertz CT molecular complexity index is 639. The molecule has 0 aromatic heterocycles. The zero-order chi connectivity index (χ0) is 13.9. The fourth-order valence-corrected chi connectivity index (χ4v) is 2.85. The topological polar surface area (TPSA) is 107 Å². The predicted molar refractivity (Wildman–Crippen MR) is 66.9 cm³/mol. The summed E-state index contributed by atoms with van der Waals surface area (Å²) in [6.45, 7) is -0.412. The van der Waals surface area contributed by atoms with Crippen LogP contribution in [0, 0.1) is 11.3 Å². The highest BCUT2D eigenvalue weighted by atomic mass is 79.9. The van der Waals surface area contributed by atoms with Gasteiger partial charge in [-0.2, -0.15) is 9.98 Å². The van der Waals surface area contributed by atoms with Gasteiger partial charge in [-0.3, -0.25) is 0 Å². The van der Waals surface area contributed by atoms with Crippen LogP contribution in [0.15, 0.2) is 21.5 Å². The smallest absolute Gasteiger partial charge is 0.337 e. The summed E-state index contributed by atoms with van der Waals surface area (Å²) >= 11 is 8.69. The Morgan fingerprint density at radius 2 is 2.17 bits per heavy atom. The van der Waals surface area contributed by atoms with Crippen LogP contribution in [0.1, 0.15) is 10.4 Å². The third-order valence-corrected chi connectivity index (χ3v) is 4.53. The van der Waals surface area contributed by atoms with E-state index in [0.717, 1.165) is 12.1 Å². The summed E-state index contributed by atoms with van der Waals surface area (Å²) in [5.74, 6) is -1.35. The van der Waals surface area contributed by atoms with Crippen LogP contribution < -0.4 is 4.72 Å². The monoisotopic (exact) mass is 352 g/mol. The molecule has 0 amide bonds. The van der Waals surface area contributed by atoms with Gasteiger partial charge in [-0.15, -0.1) is 0 Å². The van der Waals surface area contributed by atoms with Gasteiger partial charge in [0.15, 0.2) is 0 Å². The average Bonchev–Trinajstić information content (AvgIpc) is 2.29. The van der Waals surface area contributed by atoms with E-state index >= 15 is 0 Å². The van der Waals surface area contributed by atoms with Crippen molar-refractivity contribution in [3.63, 3.8) is 0 Å². The van der Waals surface area contributed by atoms with Crippen LogP contribution in [0.5, 0.6) is 0 Å². The molecule has 1 aromatic carbocycles. The van der Waals surface area contributed by atoms with Gasteiger partial charge < -0.3 is 5.11 Å². The number of benzene rings is 1. The molecule has 0 atom stereocenters. The average molecular weight is 354 g/mol. The van der Waals surface area contributed by atoms with Crippen molar-refractivity contribution in [2.75, 3.05) is 6.54 Å². The number of halogens is 2. The molecule has 1 aromatic rings. The van der Waals surface area contributed by atoms with E-state index < -0.39 is 22.5 Å². The number of hydrogen-bond donors (Lipinski definition) is 2. The zero-order valence-corrected chi connectivity index (χ0v) is 11.8.